The van der Waals surface area contributed by atoms with E-state index in [4.69, 9.17) is 19.4 Å². The molecule has 192 valence electrons. The minimum absolute atomic E-state index is 0.0658. The normalized spacial score (nSPS) is 13.7. The fourth-order valence-corrected chi connectivity index (χ4v) is 5.08. The Hall–Kier alpha value is -4.51. The van der Waals surface area contributed by atoms with Gasteiger partial charge in [-0.2, -0.15) is 15.1 Å². The van der Waals surface area contributed by atoms with Gasteiger partial charge in [0.15, 0.2) is 5.75 Å². The quantitative estimate of drug-likeness (QED) is 0.309. The third-order valence-corrected chi connectivity index (χ3v) is 7.17. The monoisotopic (exact) mass is 527 g/mol. The van der Waals surface area contributed by atoms with E-state index in [2.05, 4.69) is 26.7 Å². The van der Waals surface area contributed by atoms with Gasteiger partial charge in [-0.1, -0.05) is 18.7 Å². The van der Waals surface area contributed by atoms with Crippen molar-refractivity contribution >= 4 is 44.9 Å². The number of nitrogens with one attached hydrogen (secondary N) is 1. The number of amides is 1. The van der Waals surface area contributed by atoms with Crippen LogP contribution in [0.2, 0.25) is 0 Å². The molecule has 1 aliphatic rings. The van der Waals surface area contributed by atoms with E-state index in [1.807, 2.05) is 42.6 Å². The minimum Gasteiger partial charge on any atom is -0.457 e. The number of aryl methyl sites for hydroxylation is 1. The molecule has 0 atom stereocenters. The predicted molar refractivity (Wildman–Crippen MR) is 146 cm³/mol. The standard InChI is InChI=1S/C27H25N7O3S/c1-3-23(35)33-9-11-34(12-10-33)26-19-5-4-6-22(37-25-17(2)7-8-21-20(25)13-29-32-21)24(19)30-27(31-26)36-14-18-15-38-16-28-18/h3-8,13,15-16H,1,9-12,14H2,2H3,(H,29,32). The molecule has 4 heterocycles. The van der Waals surface area contributed by atoms with Crippen LogP contribution in [0.5, 0.6) is 17.5 Å². The van der Waals surface area contributed by atoms with Crippen molar-refractivity contribution in [3.63, 3.8) is 0 Å². The first-order valence-electron chi connectivity index (χ1n) is 12.2. The number of H-pyrrole nitrogens is 1. The maximum atomic E-state index is 12.1. The highest BCUT2D eigenvalue weighted by Crippen LogP contribution is 2.38. The molecule has 11 heteroatoms. The van der Waals surface area contributed by atoms with Crippen LogP contribution in [0.3, 0.4) is 0 Å². The van der Waals surface area contributed by atoms with E-state index < -0.39 is 0 Å². The second kappa shape index (κ2) is 10.1. The van der Waals surface area contributed by atoms with Crippen molar-refractivity contribution < 1.29 is 14.3 Å². The summed E-state index contributed by atoms with van der Waals surface area (Å²) in [6.45, 7) is 8.25. The summed E-state index contributed by atoms with van der Waals surface area (Å²) in [4.78, 5) is 29.9. The Bertz CT molecular complexity index is 1630. The van der Waals surface area contributed by atoms with Crippen molar-refractivity contribution in [3.05, 3.63) is 71.3 Å². The molecule has 0 saturated carbocycles. The highest BCUT2D eigenvalue weighted by molar-refractivity contribution is 7.07. The molecule has 1 saturated heterocycles. The van der Waals surface area contributed by atoms with Crippen molar-refractivity contribution in [2.75, 3.05) is 31.1 Å². The van der Waals surface area contributed by atoms with Crippen LogP contribution in [0.4, 0.5) is 5.82 Å². The minimum atomic E-state index is -0.0658. The number of hydrogen-bond acceptors (Lipinski definition) is 9. The van der Waals surface area contributed by atoms with Gasteiger partial charge in [-0.3, -0.25) is 9.89 Å². The third-order valence-electron chi connectivity index (χ3n) is 6.53. The highest BCUT2D eigenvalue weighted by Gasteiger charge is 2.24. The molecule has 6 rings (SSSR count). The average Bonchev–Trinajstić information content (AvgIpc) is 3.65. The Morgan fingerprint density at radius 3 is 2.82 bits per heavy atom. The van der Waals surface area contributed by atoms with Gasteiger partial charge in [0.25, 0.3) is 0 Å². The van der Waals surface area contributed by atoms with Crippen molar-refractivity contribution in [1.82, 2.24) is 30.0 Å². The maximum absolute atomic E-state index is 12.1. The summed E-state index contributed by atoms with van der Waals surface area (Å²) in [6.07, 6.45) is 3.11. The summed E-state index contributed by atoms with van der Waals surface area (Å²) >= 11 is 1.51. The molecular weight excluding hydrogens is 502 g/mol. The second-order valence-corrected chi connectivity index (χ2v) is 9.63. The van der Waals surface area contributed by atoms with E-state index in [-0.39, 0.29) is 18.5 Å². The number of carbonyl (C=O) groups is 1. The molecule has 38 heavy (non-hydrogen) atoms. The lowest BCUT2D eigenvalue weighted by atomic mass is 10.1. The molecular formula is C27H25N7O3S. The first-order valence-corrected chi connectivity index (χ1v) is 13.1. The van der Waals surface area contributed by atoms with Gasteiger partial charge in [0.05, 0.1) is 28.3 Å². The first kappa shape index (κ1) is 23.9. The summed E-state index contributed by atoms with van der Waals surface area (Å²) in [6, 6.07) is 10.0. The summed E-state index contributed by atoms with van der Waals surface area (Å²) in [7, 11) is 0. The summed E-state index contributed by atoms with van der Waals surface area (Å²) in [5.41, 5.74) is 5.08. The molecule has 1 N–H and O–H groups in total. The van der Waals surface area contributed by atoms with Crippen molar-refractivity contribution in [3.8, 4) is 17.5 Å². The Kier molecular flexibility index (Phi) is 6.34. The van der Waals surface area contributed by atoms with Crippen LogP contribution in [0.25, 0.3) is 21.8 Å². The lowest BCUT2D eigenvalue weighted by molar-refractivity contribution is -0.126. The molecule has 0 spiro atoms. The maximum Gasteiger partial charge on any atom is 0.319 e. The van der Waals surface area contributed by atoms with E-state index in [0.717, 1.165) is 33.4 Å². The number of anilines is 1. The Labute approximate surface area is 222 Å². The molecule has 3 aromatic heterocycles. The van der Waals surface area contributed by atoms with Crippen molar-refractivity contribution in [2.24, 2.45) is 0 Å². The molecule has 0 aliphatic carbocycles. The van der Waals surface area contributed by atoms with Crippen LogP contribution in [-0.4, -0.2) is 62.1 Å². The fraction of sp³-hybridized carbons (Fsp3) is 0.222. The lowest BCUT2D eigenvalue weighted by Crippen LogP contribution is -2.48. The number of carbonyl (C=O) groups excluding carboxylic acids is 1. The SMILES string of the molecule is C=CC(=O)N1CCN(c2nc(OCc3cscn3)nc3c(Oc4c(C)ccc5[nH]ncc45)cccc23)CC1. The molecule has 0 unspecified atom stereocenters. The lowest BCUT2D eigenvalue weighted by Gasteiger charge is -2.35. The van der Waals surface area contributed by atoms with Gasteiger partial charge in [-0.15, -0.1) is 11.3 Å². The van der Waals surface area contributed by atoms with Crippen LogP contribution >= 0.6 is 11.3 Å². The van der Waals surface area contributed by atoms with E-state index in [0.29, 0.717) is 43.2 Å². The number of hydrogen-bond donors (Lipinski definition) is 1. The van der Waals surface area contributed by atoms with Gasteiger partial charge in [-0.05, 0) is 36.8 Å². The summed E-state index contributed by atoms with van der Waals surface area (Å²) in [5.74, 6) is 1.97. The summed E-state index contributed by atoms with van der Waals surface area (Å²) in [5, 5.41) is 10.8. The average molecular weight is 528 g/mol. The second-order valence-electron chi connectivity index (χ2n) is 8.91. The van der Waals surface area contributed by atoms with Crippen LogP contribution in [0.1, 0.15) is 11.3 Å². The van der Waals surface area contributed by atoms with Gasteiger partial charge in [-0.25, -0.2) is 4.98 Å². The number of benzene rings is 2. The molecule has 1 amide bonds. The van der Waals surface area contributed by atoms with Gasteiger partial charge in [0.1, 0.15) is 23.7 Å². The number of nitrogens with zero attached hydrogens (tertiary/aromatic N) is 6. The number of piperazine rings is 1. The zero-order chi connectivity index (χ0) is 26.1. The number of fused-ring (bicyclic) bond motifs is 2. The number of thiazole rings is 1. The highest BCUT2D eigenvalue weighted by atomic mass is 32.1. The molecule has 0 bridgehead atoms. The molecule has 1 aliphatic heterocycles. The first-order chi connectivity index (χ1) is 18.6. The zero-order valence-corrected chi connectivity index (χ0v) is 21.6. The predicted octanol–water partition coefficient (Wildman–Crippen LogP) is 4.48. The fourth-order valence-electron chi connectivity index (χ4n) is 4.54. The van der Waals surface area contributed by atoms with Crippen LogP contribution in [0, 0.1) is 6.92 Å². The molecule has 10 nitrogen and oxygen atoms in total. The number of aromatic amines is 1. The van der Waals surface area contributed by atoms with Gasteiger partial charge >= 0.3 is 6.01 Å². The smallest absolute Gasteiger partial charge is 0.319 e. The number of rotatable bonds is 7. The number of ether oxygens (including phenoxy) is 2. The Balaban J connectivity index is 1.41. The number of aromatic nitrogens is 5. The van der Waals surface area contributed by atoms with Gasteiger partial charge in [0.2, 0.25) is 5.91 Å². The summed E-state index contributed by atoms with van der Waals surface area (Å²) < 4.78 is 12.5. The third kappa shape index (κ3) is 4.52. The zero-order valence-electron chi connectivity index (χ0n) is 20.8. The van der Waals surface area contributed by atoms with Crippen LogP contribution in [-0.2, 0) is 11.4 Å². The molecule has 5 aromatic rings. The van der Waals surface area contributed by atoms with Gasteiger partial charge in [0, 0.05) is 36.9 Å². The largest absolute Gasteiger partial charge is 0.457 e. The molecule has 2 aromatic carbocycles. The van der Waals surface area contributed by atoms with Crippen molar-refractivity contribution in [2.45, 2.75) is 13.5 Å². The van der Waals surface area contributed by atoms with Crippen LogP contribution < -0.4 is 14.4 Å². The van der Waals surface area contributed by atoms with E-state index in [9.17, 15) is 4.79 Å². The Morgan fingerprint density at radius 1 is 1.16 bits per heavy atom. The van der Waals surface area contributed by atoms with E-state index >= 15 is 0 Å². The topological polar surface area (TPSA) is 109 Å². The Morgan fingerprint density at radius 2 is 2.03 bits per heavy atom. The molecule has 0 radical (unpaired) electrons. The molecule has 1 fully saturated rings. The van der Waals surface area contributed by atoms with Gasteiger partial charge < -0.3 is 19.3 Å². The van der Waals surface area contributed by atoms with E-state index in [1.165, 1.54) is 17.4 Å². The van der Waals surface area contributed by atoms with Crippen LogP contribution in [0.15, 0.2) is 60.1 Å². The van der Waals surface area contributed by atoms with E-state index in [1.54, 1.807) is 16.6 Å². The van der Waals surface area contributed by atoms with Crippen molar-refractivity contribution in [1.29, 1.82) is 0 Å². The number of para-hydroxylation sites is 1.